The molecule has 2 rings (SSSR count). The van der Waals surface area contributed by atoms with Gasteiger partial charge in [0.15, 0.2) is 11.5 Å². The third kappa shape index (κ3) is 1.13. The zero-order valence-electron chi connectivity index (χ0n) is 7.37. The average molecular weight is 171 g/mol. The van der Waals surface area contributed by atoms with Crippen LogP contribution in [-0.2, 0) is 6.42 Å². The van der Waals surface area contributed by atoms with E-state index in [1.54, 1.807) is 12.1 Å². The lowest BCUT2D eigenvalue weighted by Gasteiger charge is -1.96. The summed E-state index contributed by atoms with van der Waals surface area (Å²) in [5.74, 6) is 0.275. The topological polar surface area (TPSA) is 21.4 Å². The zero-order valence-corrected chi connectivity index (χ0v) is 7.37. The molecular weight excluding hydrogens is 162 g/mol. The molecule has 0 aromatic heterocycles. The maximum Gasteiger partial charge on any atom is 0.187 e. The van der Waals surface area contributed by atoms with Gasteiger partial charge in [0.2, 0.25) is 0 Å². The Bertz CT molecular complexity index is 415. The van der Waals surface area contributed by atoms with Crippen LogP contribution in [0.15, 0.2) is 18.2 Å². The lowest BCUT2D eigenvalue weighted by molar-refractivity contribution is 0.0946. The summed E-state index contributed by atoms with van der Waals surface area (Å²) in [5, 5.41) is 0. The molecule has 13 heavy (non-hydrogen) atoms. The quantitative estimate of drug-likeness (QED) is 0.550. The van der Waals surface area contributed by atoms with E-state index in [0.29, 0.717) is 5.69 Å². The fourth-order valence-corrected chi connectivity index (χ4v) is 1.73. The van der Waals surface area contributed by atoms with Crippen molar-refractivity contribution >= 4 is 11.5 Å². The second-order valence-corrected chi connectivity index (χ2v) is 3.42. The molecule has 0 heterocycles. The van der Waals surface area contributed by atoms with Crippen molar-refractivity contribution < 1.29 is 4.79 Å². The van der Waals surface area contributed by atoms with Gasteiger partial charge in [-0.3, -0.25) is 4.79 Å². The summed E-state index contributed by atoms with van der Waals surface area (Å²) in [6.45, 7) is 8.77. The molecule has 1 unspecified atom stereocenters. The van der Waals surface area contributed by atoms with Gasteiger partial charge in [-0.1, -0.05) is 19.1 Å². The highest BCUT2D eigenvalue weighted by molar-refractivity contribution is 6.02. The predicted octanol–water partition coefficient (Wildman–Crippen LogP) is 2.61. The summed E-state index contributed by atoms with van der Waals surface area (Å²) in [6, 6.07) is 5.37. The van der Waals surface area contributed by atoms with Crippen molar-refractivity contribution in [2.45, 2.75) is 13.3 Å². The number of fused-ring (bicyclic) bond motifs is 1. The number of benzene rings is 1. The summed E-state index contributed by atoms with van der Waals surface area (Å²) in [5.41, 5.74) is 2.40. The van der Waals surface area contributed by atoms with E-state index in [1.165, 1.54) is 0 Å². The van der Waals surface area contributed by atoms with Crippen LogP contribution in [0, 0.1) is 12.5 Å². The summed E-state index contributed by atoms with van der Waals surface area (Å²) < 4.78 is 0. The SMILES string of the molecule is [C-]#[N+]c1ccc2c(c1)C(=O)C(C)C2. The second-order valence-electron chi connectivity index (χ2n) is 3.42. The number of ketones is 1. The fourth-order valence-electron chi connectivity index (χ4n) is 1.73. The Kier molecular flexibility index (Phi) is 1.66. The summed E-state index contributed by atoms with van der Waals surface area (Å²) >= 11 is 0. The first-order valence-electron chi connectivity index (χ1n) is 4.27. The first-order chi connectivity index (χ1) is 6.22. The Morgan fingerprint density at radius 3 is 3.00 bits per heavy atom. The smallest absolute Gasteiger partial charge is 0.187 e. The first-order valence-corrected chi connectivity index (χ1v) is 4.27. The van der Waals surface area contributed by atoms with Gasteiger partial charge in [-0.05, 0) is 18.1 Å². The molecule has 1 aliphatic rings. The third-order valence-corrected chi connectivity index (χ3v) is 2.46. The minimum atomic E-state index is 0.0935. The summed E-state index contributed by atoms with van der Waals surface area (Å²) in [7, 11) is 0. The van der Waals surface area contributed by atoms with Gasteiger partial charge in [0, 0.05) is 11.5 Å². The summed E-state index contributed by atoms with van der Waals surface area (Å²) in [4.78, 5) is 14.9. The first kappa shape index (κ1) is 8.00. The van der Waals surface area contributed by atoms with Crippen molar-refractivity contribution in [1.82, 2.24) is 0 Å². The molecule has 0 saturated heterocycles. The molecule has 0 fully saturated rings. The van der Waals surface area contributed by atoms with Crippen molar-refractivity contribution in [2.75, 3.05) is 0 Å². The van der Waals surface area contributed by atoms with E-state index in [1.807, 2.05) is 13.0 Å². The maximum absolute atomic E-state index is 11.6. The van der Waals surface area contributed by atoms with Gasteiger partial charge in [0.05, 0.1) is 6.57 Å². The predicted molar refractivity (Wildman–Crippen MR) is 49.9 cm³/mol. The number of carbonyl (C=O) groups excluding carboxylic acids is 1. The van der Waals surface area contributed by atoms with Crippen molar-refractivity contribution in [3.05, 3.63) is 40.7 Å². The highest BCUT2D eigenvalue weighted by Gasteiger charge is 2.26. The van der Waals surface area contributed by atoms with Gasteiger partial charge in [-0.2, -0.15) is 0 Å². The number of nitrogens with zero attached hydrogens (tertiary/aromatic N) is 1. The van der Waals surface area contributed by atoms with Crippen LogP contribution in [0.25, 0.3) is 4.85 Å². The van der Waals surface area contributed by atoms with Crippen LogP contribution >= 0.6 is 0 Å². The standard InChI is InChI=1S/C11H9NO/c1-7-5-8-3-4-9(12-2)6-10(8)11(7)13/h3-4,6-7H,5H2,1H3. The molecular formula is C11H9NO. The lowest BCUT2D eigenvalue weighted by Crippen LogP contribution is -2.02. The Balaban J connectivity index is 2.56. The van der Waals surface area contributed by atoms with Crippen LogP contribution < -0.4 is 0 Å². The fraction of sp³-hybridized carbons (Fsp3) is 0.273. The molecule has 2 nitrogen and oxygen atoms in total. The molecule has 0 bridgehead atoms. The highest BCUT2D eigenvalue weighted by atomic mass is 16.1. The van der Waals surface area contributed by atoms with Crippen LogP contribution in [0.5, 0.6) is 0 Å². The Morgan fingerprint density at radius 2 is 2.31 bits per heavy atom. The van der Waals surface area contributed by atoms with Crippen LogP contribution in [0.3, 0.4) is 0 Å². The molecule has 1 atom stereocenters. The van der Waals surface area contributed by atoms with Gasteiger partial charge < -0.3 is 0 Å². The van der Waals surface area contributed by atoms with Crippen LogP contribution in [0.1, 0.15) is 22.8 Å². The largest absolute Gasteiger partial charge is 0.294 e. The van der Waals surface area contributed by atoms with E-state index < -0.39 is 0 Å². The molecule has 0 radical (unpaired) electrons. The molecule has 64 valence electrons. The number of Topliss-reactive ketones (excluding diaryl/α,β-unsaturated/α-hetero) is 1. The lowest BCUT2D eigenvalue weighted by atomic mass is 10.1. The molecule has 2 heteroatoms. The van der Waals surface area contributed by atoms with Crippen molar-refractivity contribution in [3.63, 3.8) is 0 Å². The Hall–Kier alpha value is -1.62. The van der Waals surface area contributed by atoms with Gasteiger partial charge >= 0.3 is 0 Å². The van der Waals surface area contributed by atoms with Crippen LogP contribution in [0.2, 0.25) is 0 Å². The van der Waals surface area contributed by atoms with Gasteiger partial charge in [-0.25, -0.2) is 4.85 Å². The molecule has 0 N–H and O–H groups in total. The van der Waals surface area contributed by atoms with Crippen molar-refractivity contribution in [3.8, 4) is 0 Å². The zero-order chi connectivity index (χ0) is 9.42. The number of hydrogen-bond donors (Lipinski definition) is 0. The van der Waals surface area contributed by atoms with E-state index in [4.69, 9.17) is 6.57 Å². The number of rotatable bonds is 0. The van der Waals surface area contributed by atoms with E-state index >= 15 is 0 Å². The van der Waals surface area contributed by atoms with Crippen molar-refractivity contribution in [1.29, 1.82) is 0 Å². The molecule has 0 amide bonds. The van der Waals surface area contributed by atoms with Crippen LogP contribution in [-0.4, -0.2) is 5.78 Å². The molecule has 0 aliphatic heterocycles. The number of carbonyl (C=O) groups is 1. The van der Waals surface area contributed by atoms with E-state index in [9.17, 15) is 4.79 Å². The monoisotopic (exact) mass is 171 g/mol. The highest BCUT2D eigenvalue weighted by Crippen LogP contribution is 2.29. The molecule has 0 saturated carbocycles. The molecule has 0 spiro atoms. The minimum absolute atomic E-state index is 0.0935. The minimum Gasteiger partial charge on any atom is -0.294 e. The Morgan fingerprint density at radius 1 is 1.54 bits per heavy atom. The summed E-state index contributed by atoms with van der Waals surface area (Å²) in [6.07, 6.45) is 0.826. The van der Waals surface area contributed by atoms with Crippen LogP contribution in [0.4, 0.5) is 5.69 Å². The third-order valence-electron chi connectivity index (χ3n) is 2.46. The maximum atomic E-state index is 11.6. The van der Waals surface area contributed by atoms with E-state index in [0.717, 1.165) is 17.5 Å². The van der Waals surface area contributed by atoms with Gasteiger partial charge in [0.1, 0.15) is 0 Å². The van der Waals surface area contributed by atoms with Gasteiger partial charge in [-0.15, -0.1) is 0 Å². The van der Waals surface area contributed by atoms with E-state index in [2.05, 4.69) is 4.85 Å². The average Bonchev–Trinajstić information content (AvgIpc) is 2.43. The molecule has 1 aliphatic carbocycles. The van der Waals surface area contributed by atoms with E-state index in [-0.39, 0.29) is 11.7 Å². The van der Waals surface area contributed by atoms with Gasteiger partial charge in [0.25, 0.3) is 0 Å². The normalized spacial score (nSPS) is 19.7. The molecule has 1 aromatic carbocycles. The second kappa shape index (κ2) is 2.70. The number of hydrogen-bond acceptors (Lipinski definition) is 1. The molecule has 1 aromatic rings. The Labute approximate surface area is 77.0 Å². The van der Waals surface area contributed by atoms with Crippen molar-refractivity contribution in [2.24, 2.45) is 5.92 Å².